The molecule has 0 radical (unpaired) electrons. The van der Waals surface area contributed by atoms with Gasteiger partial charge in [0.25, 0.3) is 0 Å². The predicted octanol–water partition coefficient (Wildman–Crippen LogP) is 6.20. The molecule has 0 aromatic heterocycles. The predicted molar refractivity (Wildman–Crippen MR) is 113 cm³/mol. The Balaban J connectivity index is 2.05. The first-order valence-corrected chi connectivity index (χ1v) is 13.1. The lowest BCUT2D eigenvalue weighted by Crippen LogP contribution is -2.26. The van der Waals surface area contributed by atoms with E-state index in [0.29, 0.717) is 24.6 Å². The summed E-state index contributed by atoms with van der Waals surface area (Å²) in [6.45, 7) is 4.44. The van der Waals surface area contributed by atoms with E-state index in [9.17, 15) is 9.36 Å². The number of carbonyl (C=O) groups excluding carboxylic acids is 1. The third-order valence-electron chi connectivity index (χ3n) is 5.00. The highest BCUT2D eigenvalue weighted by Crippen LogP contribution is 2.53. The molecule has 1 aliphatic carbocycles. The molecule has 4 nitrogen and oxygen atoms in total. The second-order valence-corrected chi connectivity index (χ2v) is 11.2. The van der Waals surface area contributed by atoms with Crippen LogP contribution in [-0.4, -0.2) is 30.8 Å². The van der Waals surface area contributed by atoms with E-state index < -0.39 is 7.37 Å². The molecule has 27 heavy (non-hydrogen) atoms. The number of benzene rings is 1. The van der Waals surface area contributed by atoms with Crippen LogP contribution in [0.3, 0.4) is 0 Å². The van der Waals surface area contributed by atoms with Crippen molar-refractivity contribution in [3.63, 3.8) is 0 Å². The maximum Gasteiger partial charge on any atom is 0.309 e. The summed E-state index contributed by atoms with van der Waals surface area (Å²) in [5.74, 6) is -0.0143. The lowest BCUT2D eigenvalue weighted by atomic mass is 9.83. The number of hydrogen-bond donors (Lipinski definition) is 0. The molecule has 0 heterocycles. The fourth-order valence-corrected chi connectivity index (χ4v) is 7.73. The monoisotopic (exact) mass is 412 g/mol. The van der Waals surface area contributed by atoms with Gasteiger partial charge in [-0.3, -0.25) is 9.36 Å². The van der Waals surface area contributed by atoms with Crippen LogP contribution in [0.4, 0.5) is 0 Å². The molecular weight excluding hydrogens is 379 g/mol. The van der Waals surface area contributed by atoms with Gasteiger partial charge < -0.3 is 9.26 Å². The Hall–Kier alpha value is -0.770. The molecule has 1 aromatic carbocycles. The zero-order chi connectivity index (χ0) is 19.5. The van der Waals surface area contributed by atoms with Crippen molar-refractivity contribution in [1.29, 1.82) is 0 Å². The Kier molecular flexibility index (Phi) is 9.95. The van der Waals surface area contributed by atoms with E-state index in [1.165, 1.54) is 19.3 Å². The minimum absolute atomic E-state index is 0.215. The molecule has 152 valence electrons. The molecule has 1 aliphatic rings. The second-order valence-electron chi connectivity index (χ2n) is 7.19. The van der Waals surface area contributed by atoms with Crippen LogP contribution in [0.25, 0.3) is 0 Å². The highest BCUT2D eigenvalue weighted by molar-refractivity contribution is 8.05. The molecule has 2 atom stereocenters. The summed E-state index contributed by atoms with van der Waals surface area (Å²) in [6, 6.07) is 9.92. The van der Waals surface area contributed by atoms with E-state index >= 15 is 0 Å². The number of thioether (sulfide) groups is 1. The van der Waals surface area contributed by atoms with Crippen molar-refractivity contribution < 1.29 is 18.6 Å². The maximum atomic E-state index is 13.5. The molecule has 0 amide bonds. The normalized spacial score (nSPS) is 18.6. The SMILES string of the molecule is CCOC(=O)C(CC1CCCCC1)CP(=O)(CSc1ccccc1)OCC. The Morgan fingerprint density at radius 2 is 1.85 bits per heavy atom. The van der Waals surface area contributed by atoms with Crippen LogP contribution in [0, 0.1) is 11.8 Å². The zero-order valence-corrected chi connectivity index (χ0v) is 18.3. The Morgan fingerprint density at radius 1 is 1.15 bits per heavy atom. The maximum absolute atomic E-state index is 13.5. The van der Waals surface area contributed by atoms with Crippen LogP contribution in [0.15, 0.2) is 35.2 Å². The zero-order valence-electron chi connectivity index (χ0n) is 16.6. The molecule has 0 N–H and O–H groups in total. The number of esters is 1. The fraction of sp³-hybridized carbons (Fsp3) is 0.667. The number of carbonyl (C=O) groups is 1. The summed E-state index contributed by atoms with van der Waals surface area (Å²) < 4.78 is 24.5. The van der Waals surface area contributed by atoms with Gasteiger partial charge in [-0.25, -0.2) is 0 Å². The minimum atomic E-state index is -2.92. The second kappa shape index (κ2) is 11.9. The fourth-order valence-electron chi connectivity index (χ4n) is 3.73. The van der Waals surface area contributed by atoms with Crippen LogP contribution < -0.4 is 0 Å². The van der Waals surface area contributed by atoms with Crippen LogP contribution >= 0.6 is 19.1 Å². The summed E-state index contributed by atoms with van der Waals surface area (Å²) >= 11 is 1.54. The molecule has 2 rings (SSSR count). The van der Waals surface area contributed by atoms with Gasteiger partial charge >= 0.3 is 5.97 Å². The first kappa shape index (κ1) is 22.5. The molecule has 2 unspecified atom stereocenters. The molecule has 0 saturated heterocycles. The number of ether oxygens (including phenoxy) is 1. The largest absolute Gasteiger partial charge is 0.466 e. The van der Waals surface area contributed by atoms with Gasteiger partial charge in [-0.05, 0) is 38.3 Å². The topological polar surface area (TPSA) is 52.6 Å². The molecule has 6 heteroatoms. The van der Waals surface area contributed by atoms with Gasteiger partial charge in [0.2, 0.25) is 7.37 Å². The van der Waals surface area contributed by atoms with Gasteiger partial charge in [0, 0.05) is 11.1 Å². The van der Waals surface area contributed by atoms with Gasteiger partial charge in [0.15, 0.2) is 0 Å². The molecule has 0 aliphatic heterocycles. The Labute approximate surface area is 168 Å². The van der Waals surface area contributed by atoms with E-state index in [1.807, 2.05) is 44.2 Å². The van der Waals surface area contributed by atoms with E-state index in [4.69, 9.17) is 9.26 Å². The van der Waals surface area contributed by atoms with E-state index in [2.05, 4.69) is 0 Å². The molecule has 0 spiro atoms. The van der Waals surface area contributed by atoms with Crippen molar-refractivity contribution in [2.75, 3.05) is 24.9 Å². The summed E-state index contributed by atoms with van der Waals surface area (Å²) in [5.41, 5.74) is 0.394. The van der Waals surface area contributed by atoms with Crippen LogP contribution in [-0.2, 0) is 18.6 Å². The average molecular weight is 413 g/mol. The Morgan fingerprint density at radius 3 is 2.48 bits per heavy atom. The van der Waals surface area contributed by atoms with E-state index in [0.717, 1.165) is 24.2 Å². The van der Waals surface area contributed by atoms with Crippen molar-refractivity contribution in [1.82, 2.24) is 0 Å². The first-order valence-electron chi connectivity index (χ1n) is 10.1. The third-order valence-corrected chi connectivity index (χ3v) is 9.42. The van der Waals surface area contributed by atoms with Gasteiger partial charge in [0.05, 0.1) is 24.6 Å². The highest BCUT2D eigenvalue weighted by Gasteiger charge is 2.34. The van der Waals surface area contributed by atoms with Crippen molar-refractivity contribution >= 4 is 25.1 Å². The van der Waals surface area contributed by atoms with Gasteiger partial charge in [0.1, 0.15) is 0 Å². The number of hydrogen-bond acceptors (Lipinski definition) is 5. The Bertz CT molecular complexity index is 601. The van der Waals surface area contributed by atoms with Gasteiger partial charge in [-0.2, -0.15) is 0 Å². The lowest BCUT2D eigenvalue weighted by molar-refractivity contribution is -0.148. The average Bonchev–Trinajstić information content (AvgIpc) is 2.68. The molecule has 1 saturated carbocycles. The third kappa shape index (κ3) is 8.01. The minimum Gasteiger partial charge on any atom is -0.466 e. The quantitative estimate of drug-likeness (QED) is 0.246. The van der Waals surface area contributed by atoms with Crippen LogP contribution in [0.5, 0.6) is 0 Å². The molecule has 1 aromatic rings. The molecular formula is C21H33O4PS. The summed E-state index contributed by atoms with van der Waals surface area (Å²) in [4.78, 5) is 13.6. The first-order chi connectivity index (χ1) is 13.1. The van der Waals surface area contributed by atoms with E-state index in [-0.39, 0.29) is 18.0 Å². The van der Waals surface area contributed by atoms with Crippen molar-refractivity contribution in [2.24, 2.45) is 11.8 Å². The lowest BCUT2D eigenvalue weighted by Gasteiger charge is -2.28. The van der Waals surface area contributed by atoms with Crippen LogP contribution in [0.2, 0.25) is 0 Å². The van der Waals surface area contributed by atoms with Crippen molar-refractivity contribution in [2.45, 2.75) is 57.3 Å². The van der Waals surface area contributed by atoms with Gasteiger partial charge in [-0.1, -0.05) is 50.3 Å². The molecule has 1 fully saturated rings. The summed E-state index contributed by atoms with van der Waals surface area (Å²) in [5, 5.41) is 0. The highest BCUT2D eigenvalue weighted by atomic mass is 32.2. The van der Waals surface area contributed by atoms with Crippen LogP contribution in [0.1, 0.15) is 52.4 Å². The summed E-state index contributed by atoms with van der Waals surface area (Å²) in [6.07, 6.45) is 7.12. The van der Waals surface area contributed by atoms with E-state index in [1.54, 1.807) is 11.8 Å². The smallest absolute Gasteiger partial charge is 0.309 e. The summed E-state index contributed by atoms with van der Waals surface area (Å²) in [7, 11) is -2.92. The van der Waals surface area contributed by atoms with Crippen molar-refractivity contribution in [3.8, 4) is 0 Å². The number of rotatable bonds is 11. The van der Waals surface area contributed by atoms with Gasteiger partial charge in [-0.15, -0.1) is 11.8 Å². The molecule has 0 bridgehead atoms. The standard InChI is InChI=1S/C21H33O4PS/c1-3-24-21(22)19(15-18-11-7-5-8-12-18)16-26(23,25-4-2)17-27-20-13-9-6-10-14-20/h6,9-10,13-14,18-19H,3-5,7-8,11-12,15-17H2,1-2H3. The van der Waals surface area contributed by atoms with Crippen molar-refractivity contribution in [3.05, 3.63) is 30.3 Å².